The molecule has 0 saturated carbocycles. The highest BCUT2D eigenvalue weighted by atomic mass is 16.6. The maximum absolute atomic E-state index is 14.0. The molecule has 1 saturated heterocycles. The first kappa shape index (κ1) is 26.0. The van der Waals surface area contributed by atoms with Crippen LogP contribution in [0.15, 0.2) is 48.7 Å². The number of aromatic nitrogens is 2. The van der Waals surface area contributed by atoms with Crippen molar-refractivity contribution in [3.8, 4) is 5.69 Å². The topological polar surface area (TPSA) is 67.7 Å². The molecule has 7 heteroatoms. The summed E-state index contributed by atoms with van der Waals surface area (Å²) in [5, 5.41) is 4.78. The summed E-state index contributed by atoms with van der Waals surface area (Å²) >= 11 is 0. The van der Waals surface area contributed by atoms with Gasteiger partial charge in [0.15, 0.2) is 0 Å². The van der Waals surface area contributed by atoms with Crippen LogP contribution in [0, 0.1) is 13.8 Å². The molecule has 2 aliphatic rings. The van der Waals surface area contributed by atoms with Gasteiger partial charge in [0.05, 0.1) is 23.1 Å². The van der Waals surface area contributed by atoms with E-state index in [4.69, 9.17) is 9.84 Å². The molecule has 0 bridgehead atoms. The van der Waals surface area contributed by atoms with Crippen LogP contribution in [0.25, 0.3) is 5.69 Å². The molecular formula is C31H38N4O3. The Bertz CT molecular complexity index is 1350. The van der Waals surface area contributed by atoms with Gasteiger partial charge in [-0.1, -0.05) is 42.0 Å². The van der Waals surface area contributed by atoms with Gasteiger partial charge in [-0.25, -0.2) is 9.48 Å². The van der Waals surface area contributed by atoms with Gasteiger partial charge in [0.2, 0.25) is 0 Å². The zero-order chi connectivity index (χ0) is 27.0. The highest BCUT2D eigenvalue weighted by Crippen LogP contribution is 2.34. The Morgan fingerprint density at radius 3 is 2.34 bits per heavy atom. The number of hydrogen-bond acceptors (Lipinski definition) is 4. The van der Waals surface area contributed by atoms with Crippen molar-refractivity contribution in [1.82, 2.24) is 19.6 Å². The second-order valence-corrected chi connectivity index (χ2v) is 11.6. The molecule has 0 unspecified atom stereocenters. The molecular weight excluding hydrogens is 476 g/mol. The predicted molar refractivity (Wildman–Crippen MR) is 148 cm³/mol. The van der Waals surface area contributed by atoms with Crippen molar-refractivity contribution < 1.29 is 14.3 Å². The molecule has 5 rings (SSSR count). The second kappa shape index (κ2) is 10.3. The van der Waals surface area contributed by atoms with E-state index in [-0.39, 0.29) is 17.9 Å². The van der Waals surface area contributed by atoms with Crippen molar-refractivity contribution in [2.24, 2.45) is 0 Å². The maximum Gasteiger partial charge on any atom is 0.410 e. The minimum Gasteiger partial charge on any atom is -0.444 e. The summed E-state index contributed by atoms with van der Waals surface area (Å²) in [6.07, 6.45) is 3.83. The molecule has 2 aromatic carbocycles. The molecule has 38 heavy (non-hydrogen) atoms. The third-order valence-electron chi connectivity index (χ3n) is 7.57. The summed E-state index contributed by atoms with van der Waals surface area (Å²) in [5.41, 5.74) is 6.91. The smallest absolute Gasteiger partial charge is 0.410 e. The van der Waals surface area contributed by atoms with Gasteiger partial charge in [-0.2, -0.15) is 5.10 Å². The van der Waals surface area contributed by atoms with E-state index in [1.807, 2.05) is 36.4 Å². The average molecular weight is 515 g/mol. The van der Waals surface area contributed by atoms with Crippen molar-refractivity contribution in [1.29, 1.82) is 0 Å². The van der Waals surface area contributed by atoms with Crippen molar-refractivity contribution in [3.63, 3.8) is 0 Å². The number of nitrogens with zero attached hydrogens (tertiary/aromatic N) is 4. The fourth-order valence-corrected chi connectivity index (χ4v) is 5.65. The van der Waals surface area contributed by atoms with Crippen molar-refractivity contribution in [2.75, 3.05) is 19.6 Å². The quantitative estimate of drug-likeness (QED) is 0.443. The number of benzene rings is 2. The fourth-order valence-electron chi connectivity index (χ4n) is 5.65. The molecule has 3 aromatic rings. The highest BCUT2D eigenvalue weighted by molar-refractivity contribution is 5.95. The number of fused-ring (bicyclic) bond motifs is 1. The zero-order valence-electron chi connectivity index (χ0n) is 23.2. The van der Waals surface area contributed by atoms with Crippen LogP contribution >= 0.6 is 0 Å². The Hall–Kier alpha value is -3.61. The Balaban J connectivity index is 1.45. The monoisotopic (exact) mass is 514 g/mol. The van der Waals surface area contributed by atoms with Gasteiger partial charge in [0, 0.05) is 32.1 Å². The lowest BCUT2D eigenvalue weighted by molar-refractivity contribution is 0.0203. The number of likely N-dealkylation sites (tertiary alicyclic amines) is 1. The number of hydrogen-bond donors (Lipinski definition) is 0. The largest absolute Gasteiger partial charge is 0.444 e. The number of ether oxygens (including phenoxy) is 1. The van der Waals surface area contributed by atoms with E-state index in [0.29, 0.717) is 31.7 Å². The number of amides is 2. The Morgan fingerprint density at radius 2 is 1.66 bits per heavy atom. The number of piperidine rings is 1. The molecule has 0 atom stereocenters. The first-order chi connectivity index (χ1) is 18.1. The molecule has 1 aromatic heterocycles. The lowest BCUT2D eigenvalue weighted by atomic mass is 9.90. The van der Waals surface area contributed by atoms with E-state index in [9.17, 15) is 9.59 Å². The first-order valence-corrected chi connectivity index (χ1v) is 13.6. The lowest BCUT2D eigenvalue weighted by Crippen LogP contribution is -2.42. The Kier molecular flexibility index (Phi) is 7.03. The summed E-state index contributed by atoms with van der Waals surface area (Å²) in [7, 11) is 0. The Morgan fingerprint density at radius 1 is 0.947 bits per heavy atom. The van der Waals surface area contributed by atoms with E-state index in [0.717, 1.165) is 36.2 Å². The summed E-state index contributed by atoms with van der Waals surface area (Å²) < 4.78 is 7.57. The SMILES string of the molecule is Cc1ccc(-n2ncc(C(=O)N3CCc4ccccc4C3)c2C2CCN(C(=O)OC(C)(C)C)CC2)c(C)c1. The zero-order valence-corrected chi connectivity index (χ0v) is 23.2. The molecule has 0 spiro atoms. The van der Waals surface area contributed by atoms with Crippen LogP contribution in [-0.4, -0.2) is 56.8 Å². The molecule has 0 N–H and O–H groups in total. The minimum atomic E-state index is -0.526. The van der Waals surface area contributed by atoms with Gasteiger partial charge in [-0.3, -0.25) is 4.79 Å². The van der Waals surface area contributed by atoms with Gasteiger partial charge in [-0.15, -0.1) is 0 Å². The Labute approximate surface area is 225 Å². The van der Waals surface area contributed by atoms with E-state index in [1.165, 1.54) is 16.7 Å². The minimum absolute atomic E-state index is 0.0279. The van der Waals surface area contributed by atoms with E-state index >= 15 is 0 Å². The molecule has 3 heterocycles. The van der Waals surface area contributed by atoms with Crippen LogP contribution < -0.4 is 0 Å². The molecule has 7 nitrogen and oxygen atoms in total. The first-order valence-electron chi connectivity index (χ1n) is 13.6. The predicted octanol–water partition coefficient (Wildman–Crippen LogP) is 5.80. The standard InChI is InChI=1S/C31H38N4O3/c1-21-10-11-27(22(2)18-21)35-28(24-13-15-33(16-14-24)30(37)38-31(3,4)5)26(19-32-35)29(36)34-17-12-23-8-6-7-9-25(23)20-34/h6-11,18-19,24H,12-17,20H2,1-5H3. The molecule has 200 valence electrons. The van der Waals surface area contributed by atoms with Crippen molar-refractivity contribution >= 4 is 12.0 Å². The summed E-state index contributed by atoms with van der Waals surface area (Å²) in [6.45, 7) is 12.3. The number of rotatable bonds is 3. The van der Waals surface area contributed by atoms with E-state index in [2.05, 4.69) is 50.2 Å². The van der Waals surface area contributed by atoms with Gasteiger partial charge in [0.25, 0.3) is 5.91 Å². The van der Waals surface area contributed by atoms with Crippen LogP contribution in [0.2, 0.25) is 0 Å². The molecule has 1 fully saturated rings. The van der Waals surface area contributed by atoms with Crippen LogP contribution in [0.3, 0.4) is 0 Å². The van der Waals surface area contributed by atoms with Crippen LogP contribution in [0.5, 0.6) is 0 Å². The number of carbonyl (C=O) groups excluding carboxylic acids is 2. The molecule has 0 radical (unpaired) electrons. The highest BCUT2D eigenvalue weighted by Gasteiger charge is 2.34. The molecule has 0 aliphatic carbocycles. The van der Waals surface area contributed by atoms with Crippen molar-refractivity contribution in [3.05, 3.63) is 82.2 Å². The molecule has 2 aliphatic heterocycles. The van der Waals surface area contributed by atoms with Crippen LogP contribution in [-0.2, 0) is 17.7 Å². The van der Waals surface area contributed by atoms with E-state index in [1.54, 1.807) is 11.1 Å². The third kappa shape index (κ3) is 5.33. The summed E-state index contributed by atoms with van der Waals surface area (Å²) in [4.78, 5) is 30.4. The van der Waals surface area contributed by atoms with Gasteiger partial charge in [0.1, 0.15) is 5.60 Å². The van der Waals surface area contributed by atoms with Crippen LogP contribution in [0.4, 0.5) is 4.79 Å². The van der Waals surface area contributed by atoms with E-state index < -0.39 is 5.60 Å². The maximum atomic E-state index is 14.0. The fraction of sp³-hybridized carbons (Fsp3) is 0.452. The normalized spacial score (nSPS) is 16.3. The van der Waals surface area contributed by atoms with Crippen molar-refractivity contribution in [2.45, 2.75) is 71.9 Å². The summed E-state index contributed by atoms with van der Waals surface area (Å²) in [6, 6.07) is 14.7. The number of aryl methyl sites for hydroxylation is 2. The van der Waals surface area contributed by atoms with Gasteiger partial charge < -0.3 is 14.5 Å². The van der Waals surface area contributed by atoms with Gasteiger partial charge >= 0.3 is 6.09 Å². The summed E-state index contributed by atoms with van der Waals surface area (Å²) in [5.74, 6) is 0.132. The molecule has 2 amide bonds. The van der Waals surface area contributed by atoms with Gasteiger partial charge in [-0.05, 0) is 76.6 Å². The lowest BCUT2D eigenvalue weighted by Gasteiger charge is -2.34. The van der Waals surface area contributed by atoms with Crippen LogP contribution in [0.1, 0.15) is 77.8 Å². The second-order valence-electron chi connectivity index (χ2n) is 11.6. The number of carbonyl (C=O) groups is 2. The average Bonchev–Trinajstić information content (AvgIpc) is 3.32. The third-order valence-corrected chi connectivity index (χ3v) is 7.57.